The first-order chi connectivity index (χ1) is 21.3. The third-order valence-corrected chi connectivity index (χ3v) is 9.04. The number of thiazole rings is 1. The number of para-hydroxylation sites is 1. The molecule has 13 nitrogen and oxygen atoms in total. The summed E-state index contributed by atoms with van der Waals surface area (Å²) in [5, 5.41) is 18.3. The summed E-state index contributed by atoms with van der Waals surface area (Å²) in [7, 11) is 0. The van der Waals surface area contributed by atoms with Crippen LogP contribution in [0.4, 0.5) is 14.7 Å². The summed E-state index contributed by atoms with van der Waals surface area (Å²) in [6.07, 6.45) is 4.74. The fourth-order valence-electron chi connectivity index (χ4n) is 5.79. The Hall–Kier alpha value is -4.20. The van der Waals surface area contributed by atoms with Crippen LogP contribution in [0.1, 0.15) is 65.7 Å². The Balaban J connectivity index is 1.36. The molecule has 2 fully saturated rings. The van der Waals surface area contributed by atoms with Gasteiger partial charge in [-0.1, -0.05) is 48.5 Å². The van der Waals surface area contributed by atoms with Crippen LogP contribution >= 0.6 is 11.3 Å². The molecule has 5 atom stereocenters. The number of nitrogens with one attached hydrogen (secondary N) is 3. The van der Waals surface area contributed by atoms with Gasteiger partial charge in [-0.15, -0.1) is 0 Å². The maximum Gasteiger partial charge on any atom is 0.413 e. The summed E-state index contributed by atoms with van der Waals surface area (Å²) in [5.41, 5.74) is -1.55. The Morgan fingerprint density at radius 2 is 1.91 bits per heavy atom. The Kier molecular flexibility index (Phi) is 9.33. The molecular weight excluding hydrogens is 602 g/mol. The van der Waals surface area contributed by atoms with Crippen molar-refractivity contribution in [2.75, 3.05) is 11.9 Å². The van der Waals surface area contributed by atoms with Crippen molar-refractivity contribution in [3.8, 4) is 0 Å². The summed E-state index contributed by atoms with van der Waals surface area (Å²) < 4.78 is 11.9. The smallest absolute Gasteiger partial charge is 0.413 e. The highest BCUT2D eigenvalue weighted by atomic mass is 32.1. The van der Waals surface area contributed by atoms with Gasteiger partial charge < -0.3 is 30.1 Å². The van der Waals surface area contributed by atoms with Crippen molar-refractivity contribution in [2.45, 2.75) is 95.0 Å². The van der Waals surface area contributed by atoms with Gasteiger partial charge in [0.2, 0.25) is 11.8 Å². The zero-order chi connectivity index (χ0) is 32.4. The minimum atomic E-state index is -1.47. The highest BCUT2D eigenvalue weighted by Gasteiger charge is 2.61. The van der Waals surface area contributed by atoms with Crippen molar-refractivity contribution in [3.63, 3.8) is 0 Å². The van der Waals surface area contributed by atoms with E-state index in [1.807, 2.05) is 36.4 Å². The molecule has 1 saturated carbocycles. The van der Waals surface area contributed by atoms with Gasteiger partial charge in [0.25, 0.3) is 0 Å². The molecule has 2 aliphatic heterocycles. The third-order valence-electron chi connectivity index (χ3n) is 8.09. The zero-order valence-corrected chi connectivity index (χ0v) is 26.4. The quantitative estimate of drug-likeness (QED) is 0.357. The number of hydrogen-bond donors (Lipinski definition) is 4. The van der Waals surface area contributed by atoms with E-state index in [1.54, 1.807) is 20.8 Å². The number of carbonyl (C=O) groups is 5. The number of hydrogen-bond acceptors (Lipinski definition) is 9. The molecule has 0 spiro atoms. The number of carbonyl (C=O) groups excluding carboxylic acids is 4. The van der Waals surface area contributed by atoms with E-state index in [0.717, 1.165) is 29.5 Å². The van der Waals surface area contributed by atoms with Gasteiger partial charge in [0.1, 0.15) is 29.3 Å². The fraction of sp³-hybridized carbons (Fsp3) is 0.548. The molecule has 1 aromatic heterocycles. The van der Waals surface area contributed by atoms with Crippen LogP contribution in [0.2, 0.25) is 0 Å². The van der Waals surface area contributed by atoms with Crippen LogP contribution in [0.3, 0.4) is 0 Å². The van der Waals surface area contributed by atoms with Gasteiger partial charge in [-0.3, -0.25) is 14.9 Å². The van der Waals surface area contributed by atoms with Crippen LogP contribution in [-0.2, 0) is 23.9 Å². The number of carboxylic acid groups (broad SMARTS) is 1. The number of aromatic nitrogens is 1. The molecule has 1 aliphatic carbocycles. The number of anilines is 1. The lowest BCUT2D eigenvalue weighted by Crippen LogP contribution is -2.56. The molecule has 242 valence electrons. The molecule has 1 aromatic carbocycles. The Bertz CT molecular complexity index is 1470. The molecule has 5 rings (SSSR count). The average molecular weight is 642 g/mol. The van der Waals surface area contributed by atoms with Gasteiger partial charge in [0.15, 0.2) is 5.13 Å². The van der Waals surface area contributed by atoms with Gasteiger partial charge >= 0.3 is 18.2 Å². The summed E-state index contributed by atoms with van der Waals surface area (Å²) in [5.74, 6) is -2.73. The van der Waals surface area contributed by atoms with Crippen LogP contribution in [-0.4, -0.2) is 80.8 Å². The van der Waals surface area contributed by atoms with Crippen molar-refractivity contribution < 1.29 is 38.6 Å². The van der Waals surface area contributed by atoms with E-state index >= 15 is 0 Å². The van der Waals surface area contributed by atoms with Crippen LogP contribution in [0.25, 0.3) is 10.2 Å². The first-order valence-corrected chi connectivity index (χ1v) is 16.0. The largest absolute Gasteiger partial charge is 0.479 e. The predicted molar refractivity (Wildman–Crippen MR) is 166 cm³/mol. The van der Waals surface area contributed by atoms with E-state index in [-0.39, 0.29) is 25.3 Å². The number of fused-ring (bicyclic) bond motifs is 3. The third kappa shape index (κ3) is 7.72. The first kappa shape index (κ1) is 32.2. The topological polar surface area (TPSA) is 176 Å². The van der Waals surface area contributed by atoms with Gasteiger partial charge in [0.05, 0.1) is 16.8 Å². The van der Waals surface area contributed by atoms with Crippen LogP contribution in [0.15, 0.2) is 36.4 Å². The monoisotopic (exact) mass is 641 g/mol. The lowest BCUT2D eigenvalue weighted by Gasteiger charge is -2.30. The van der Waals surface area contributed by atoms with E-state index < -0.39 is 59.3 Å². The van der Waals surface area contributed by atoms with Crippen molar-refractivity contribution in [1.82, 2.24) is 20.5 Å². The Morgan fingerprint density at radius 1 is 1.13 bits per heavy atom. The van der Waals surface area contributed by atoms with Gasteiger partial charge in [-0.25, -0.2) is 19.4 Å². The number of ether oxygens (including phenoxy) is 2. The number of carboxylic acids is 1. The Labute approximate surface area is 264 Å². The standard InChI is InChI=1S/C31H39N5O8S/c1-30(2,3)44-29(42)33-21-13-8-6-4-5-7-11-18-16-31(18,26(39)40)35-24(37)22-15-19(17-36(22)25(21)38)43-28(41)34-27-32-20-12-9-10-14-23(20)45-27/h7,9-12,14,18-19,21-22H,4-6,8,13,15-17H2,1-3H3,(H,33,42)(H,35,37)(H,39,40)(H,32,34,41)/b11-7-/t18-,19+,21-,22-,31+/m0/s1. The summed E-state index contributed by atoms with van der Waals surface area (Å²) in [6, 6.07) is 5.26. The maximum absolute atomic E-state index is 14.0. The van der Waals surface area contributed by atoms with Crippen LogP contribution in [0.5, 0.6) is 0 Å². The minimum Gasteiger partial charge on any atom is -0.479 e. The molecule has 0 radical (unpaired) electrons. The second-order valence-corrected chi connectivity index (χ2v) is 13.8. The maximum atomic E-state index is 14.0. The van der Waals surface area contributed by atoms with E-state index in [2.05, 4.69) is 20.9 Å². The number of allylic oxidation sites excluding steroid dienone is 1. The number of alkyl carbamates (subject to hydrolysis) is 1. The fourth-order valence-corrected chi connectivity index (χ4v) is 6.64. The lowest BCUT2D eigenvalue weighted by atomic mass is 10.0. The van der Waals surface area contributed by atoms with Gasteiger partial charge in [0, 0.05) is 12.3 Å². The summed E-state index contributed by atoms with van der Waals surface area (Å²) in [4.78, 5) is 71.2. The molecule has 2 aromatic rings. The second kappa shape index (κ2) is 13.0. The molecule has 0 bridgehead atoms. The van der Waals surface area contributed by atoms with E-state index in [4.69, 9.17) is 9.47 Å². The zero-order valence-electron chi connectivity index (χ0n) is 25.5. The molecule has 4 amide bonds. The summed E-state index contributed by atoms with van der Waals surface area (Å²) >= 11 is 1.28. The molecule has 14 heteroatoms. The number of nitrogens with zero attached hydrogens (tertiary/aromatic N) is 2. The first-order valence-electron chi connectivity index (χ1n) is 15.2. The lowest BCUT2D eigenvalue weighted by molar-refractivity contribution is -0.145. The second-order valence-electron chi connectivity index (χ2n) is 12.7. The molecule has 3 heterocycles. The van der Waals surface area contributed by atoms with E-state index in [0.29, 0.717) is 18.0 Å². The van der Waals surface area contributed by atoms with Crippen molar-refractivity contribution in [2.24, 2.45) is 5.92 Å². The number of rotatable bonds is 4. The van der Waals surface area contributed by atoms with E-state index in [9.17, 15) is 29.1 Å². The SMILES string of the molecule is CC(C)(C)OC(=O)N[C@H]1CCCCC/C=C\[C@H]2C[C@@]2(C(=O)O)NC(=O)[C@@H]2C[C@@H](OC(=O)Nc3nc4ccccc4s3)CN2C1=O. The van der Waals surface area contributed by atoms with Crippen molar-refractivity contribution in [1.29, 1.82) is 0 Å². The molecule has 0 unspecified atom stereocenters. The predicted octanol–water partition coefficient (Wildman–Crippen LogP) is 4.19. The highest BCUT2D eigenvalue weighted by Crippen LogP contribution is 2.45. The molecule has 3 aliphatic rings. The van der Waals surface area contributed by atoms with Crippen LogP contribution in [0, 0.1) is 5.92 Å². The average Bonchev–Trinajstić information content (AvgIpc) is 3.27. The van der Waals surface area contributed by atoms with Gasteiger partial charge in [-0.2, -0.15) is 0 Å². The normalized spacial score (nSPS) is 28.0. The van der Waals surface area contributed by atoms with Gasteiger partial charge in [-0.05, 0) is 58.6 Å². The number of aliphatic carboxylic acids is 1. The molecule has 1 saturated heterocycles. The van der Waals surface area contributed by atoms with Crippen molar-refractivity contribution in [3.05, 3.63) is 36.4 Å². The van der Waals surface area contributed by atoms with Crippen LogP contribution < -0.4 is 16.0 Å². The number of amides is 4. The molecule has 4 N–H and O–H groups in total. The number of benzene rings is 1. The minimum absolute atomic E-state index is 0.0554. The summed E-state index contributed by atoms with van der Waals surface area (Å²) in [6.45, 7) is 5.01. The molecule has 45 heavy (non-hydrogen) atoms. The highest BCUT2D eigenvalue weighted by molar-refractivity contribution is 7.22. The van der Waals surface area contributed by atoms with Crippen molar-refractivity contribution >= 4 is 56.7 Å². The Morgan fingerprint density at radius 3 is 2.64 bits per heavy atom. The van der Waals surface area contributed by atoms with E-state index in [1.165, 1.54) is 16.2 Å². The molecular formula is C31H39N5O8S.